The van der Waals surface area contributed by atoms with E-state index in [0.717, 1.165) is 3.97 Å². The Morgan fingerprint density at radius 3 is 2.30 bits per heavy atom. The summed E-state index contributed by atoms with van der Waals surface area (Å²) >= 11 is 6.03. The van der Waals surface area contributed by atoms with Crippen LogP contribution in [0.5, 0.6) is 0 Å². The number of fused-ring (bicyclic) bond motifs is 1. The Bertz CT molecular complexity index is 1380. The van der Waals surface area contributed by atoms with E-state index < -0.39 is 36.8 Å². The summed E-state index contributed by atoms with van der Waals surface area (Å²) in [6.07, 6.45) is -0.697. The van der Waals surface area contributed by atoms with Crippen LogP contribution in [-0.4, -0.2) is 45.6 Å². The first-order valence-electron chi connectivity index (χ1n) is 9.89. The van der Waals surface area contributed by atoms with Crippen LogP contribution >= 0.6 is 11.6 Å². The number of benzene rings is 2. The Balaban J connectivity index is 1.94. The number of ether oxygens (including phenoxy) is 1. The van der Waals surface area contributed by atoms with Crippen LogP contribution < -0.4 is 10.0 Å². The van der Waals surface area contributed by atoms with Crippen LogP contribution in [0.3, 0.4) is 0 Å². The molecule has 0 bridgehead atoms. The molecular weight excluding hydrogens is 490 g/mol. The molecule has 2 aromatic carbocycles. The van der Waals surface area contributed by atoms with Gasteiger partial charge in [0.25, 0.3) is 20.0 Å². The summed E-state index contributed by atoms with van der Waals surface area (Å²) in [7, 11) is -8.54. The zero-order chi connectivity index (χ0) is 24.4. The van der Waals surface area contributed by atoms with Gasteiger partial charge in [-0.05, 0) is 57.2 Å². The lowest BCUT2D eigenvalue weighted by atomic mass is 10.2. The van der Waals surface area contributed by atoms with E-state index in [1.807, 2.05) is 0 Å². The molecule has 0 spiro atoms. The van der Waals surface area contributed by atoms with Gasteiger partial charge in [0.15, 0.2) is 5.03 Å². The maximum Gasteiger partial charge on any atom is 0.407 e. The molecule has 1 amide bonds. The average molecular weight is 514 g/mol. The molecule has 9 nitrogen and oxygen atoms in total. The fourth-order valence-electron chi connectivity index (χ4n) is 3.01. The predicted molar refractivity (Wildman–Crippen MR) is 125 cm³/mol. The molecule has 1 heterocycles. The number of carbonyl (C=O) groups excluding carboxylic acids is 1. The van der Waals surface area contributed by atoms with Gasteiger partial charge in [-0.1, -0.05) is 29.8 Å². The molecule has 2 N–H and O–H groups in total. The second-order valence-corrected chi connectivity index (χ2v) is 12.0. The molecule has 0 atom stereocenters. The van der Waals surface area contributed by atoms with Crippen LogP contribution in [0, 0.1) is 0 Å². The Kier molecular flexibility index (Phi) is 7.08. The van der Waals surface area contributed by atoms with E-state index in [4.69, 9.17) is 16.3 Å². The van der Waals surface area contributed by atoms with Gasteiger partial charge < -0.3 is 10.1 Å². The van der Waals surface area contributed by atoms with Crippen molar-refractivity contribution in [2.24, 2.45) is 0 Å². The highest BCUT2D eigenvalue weighted by Gasteiger charge is 2.29. The Labute approximate surface area is 197 Å². The zero-order valence-electron chi connectivity index (χ0n) is 18.2. The van der Waals surface area contributed by atoms with E-state index in [-0.39, 0.29) is 23.5 Å². The van der Waals surface area contributed by atoms with Gasteiger partial charge in [-0.3, -0.25) is 0 Å². The maximum atomic E-state index is 13.4. The highest BCUT2D eigenvalue weighted by molar-refractivity contribution is 7.92. The summed E-state index contributed by atoms with van der Waals surface area (Å²) in [4.78, 5) is 11.7. The van der Waals surface area contributed by atoms with E-state index >= 15 is 0 Å². The molecule has 0 saturated carbocycles. The van der Waals surface area contributed by atoms with Crippen LogP contribution in [0.25, 0.3) is 10.9 Å². The Morgan fingerprint density at radius 1 is 1.00 bits per heavy atom. The van der Waals surface area contributed by atoms with Crippen molar-refractivity contribution in [2.45, 2.75) is 36.3 Å². The minimum Gasteiger partial charge on any atom is -0.444 e. The average Bonchev–Trinajstić information content (AvgIpc) is 3.11. The first-order chi connectivity index (χ1) is 15.3. The molecule has 12 heteroatoms. The van der Waals surface area contributed by atoms with Gasteiger partial charge in [-0.15, -0.1) is 0 Å². The van der Waals surface area contributed by atoms with Gasteiger partial charge in [0.1, 0.15) is 5.60 Å². The van der Waals surface area contributed by atoms with Crippen molar-refractivity contribution in [2.75, 3.05) is 13.1 Å². The minimum atomic E-state index is -4.29. The molecule has 1 aromatic heterocycles. The number of nitrogens with zero attached hydrogens (tertiary/aromatic N) is 1. The number of sulfonamides is 1. The monoisotopic (exact) mass is 513 g/mol. The van der Waals surface area contributed by atoms with Crippen LogP contribution in [0.15, 0.2) is 64.5 Å². The van der Waals surface area contributed by atoms with Gasteiger partial charge in [0, 0.05) is 23.5 Å². The summed E-state index contributed by atoms with van der Waals surface area (Å²) in [5.41, 5.74) is -0.534. The fourth-order valence-corrected chi connectivity index (χ4v) is 6.32. The molecular formula is C21H24ClN3O6S2. The molecule has 0 unspecified atom stereocenters. The first kappa shape index (κ1) is 25.0. The van der Waals surface area contributed by atoms with E-state index in [9.17, 15) is 21.6 Å². The van der Waals surface area contributed by atoms with Crippen molar-refractivity contribution in [1.29, 1.82) is 0 Å². The number of halogens is 1. The number of carbonyl (C=O) groups is 1. The zero-order valence-corrected chi connectivity index (χ0v) is 20.6. The van der Waals surface area contributed by atoms with Gasteiger partial charge in [-0.2, -0.15) is 0 Å². The topological polar surface area (TPSA) is 124 Å². The van der Waals surface area contributed by atoms with E-state index in [2.05, 4.69) is 10.0 Å². The van der Waals surface area contributed by atoms with E-state index in [0.29, 0.717) is 10.4 Å². The molecule has 0 fully saturated rings. The van der Waals surface area contributed by atoms with Crippen molar-refractivity contribution in [3.8, 4) is 0 Å². The first-order valence-corrected chi connectivity index (χ1v) is 13.2. The number of alkyl carbamates (subject to hydrolysis) is 1. The maximum absolute atomic E-state index is 13.4. The third-order valence-electron chi connectivity index (χ3n) is 4.33. The largest absolute Gasteiger partial charge is 0.444 e. The predicted octanol–water partition coefficient (Wildman–Crippen LogP) is 3.33. The summed E-state index contributed by atoms with van der Waals surface area (Å²) in [6.45, 7) is 4.86. The van der Waals surface area contributed by atoms with E-state index in [1.54, 1.807) is 39.0 Å². The molecule has 0 aliphatic heterocycles. The molecule has 0 radical (unpaired) electrons. The standard InChI is InChI=1S/C21H24ClN3O6S2/c1-21(2,3)31-20(26)23-11-12-24-32(27,28)19-14-15-13-16(22)9-10-18(15)25(19)33(29,30)17-7-5-4-6-8-17/h4-10,13-14,24H,11-12H2,1-3H3,(H,23,26). The molecule has 0 aliphatic rings. The van der Waals surface area contributed by atoms with E-state index in [1.165, 1.54) is 36.4 Å². The summed E-state index contributed by atoms with van der Waals surface area (Å²) < 4.78 is 61.1. The third-order valence-corrected chi connectivity index (χ3v) is 7.86. The number of rotatable bonds is 7. The SMILES string of the molecule is CC(C)(C)OC(=O)NCCNS(=O)(=O)c1cc2cc(Cl)ccc2n1S(=O)(=O)c1ccccc1. The molecule has 0 saturated heterocycles. The summed E-state index contributed by atoms with van der Waals surface area (Å²) in [6, 6.07) is 13.2. The summed E-state index contributed by atoms with van der Waals surface area (Å²) in [5, 5.41) is 2.64. The smallest absolute Gasteiger partial charge is 0.407 e. The van der Waals surface area contributed by atoms with Crippen LogP contribution in [-0.2, 0) is 24.8 Å². The van der Waals surface area contributed by atoms with Gasteiger partial charge in [0.05, 0.1) is 10.4 Å². The highest BCUT2D eigenvalue weighted by atomic mass is 35.5. The molecule has 178 valence electrons. The van der Waals surface area contributed by atoms with Gasteiger partial charge >= 0.3 is 6.09 Å². The molecule has 33 heavy (non-hydrogen) atoms. The third kappa shape index (κ3) is 5.85. The molecule has 3 aromatic rings. The lowest BCUT2D eigenvalue weighted by molar-refractivity contribution is 0.0529. The highest BCUT2D eigenvalue weighted by Crippen LogP contribution is 2.30. The molecule has 3 rings (SSSR count). The van der Waals surface area contributed by atoms with Gasteiger partial charge in [-0.25, -0.2) is 30.3 Å². The normalized spacial score (nSPS) is 12.6. The number of hydrogen-bond donors (Lipinski definition) is 2. The van der Waals surface area contributed by atoms with Crippen LogP contribution in [0.2, 0.25) is 5.02 Å². The number of hydrogen-bond acceptors (Lipinski definition) is 6. The minimum absolute atomic E-state index is 0.0639. The second kappa shape index (κ2) is 9.34. The summed E-state index contributed by atoms with van der Waals surface area (Å²) in [5.74, 6) is 0. The Hall–Kier alpha value is -2.60. The van der Waals surface area contributed by atoms with Crippen LogP contribution in [0.4, 0.5) is 4.79 Å². The quantitative estimate of drug-likeness (QED) is 0.467. The fraction of sp³-hybridized carbons (Fsp3) is 0.286. The lowest BCUT2D eigenvalue weighted by Gasteiger charge is -2.19. The number of aromatic nitrogens is 1. The number of amides is 1. The Morgan fingerprint density at radius 2 is 1.67 bits per heavy atom. The van der Waals surface area contributed by atoms with Crippen LogP contribution in [0.1, 0.15) is 20.8 Å². The lowest BCUT2D eigenvalue weighted by Crippen LogP contribution is -2.38. The van der Waals surface area contributed by atoms with Crippen molar-refractivity contribution in [1.82, 2.24) is 14.0 Å². The van der Waals surface area contributed by atoms with Gasteiger partial charge in [0.2, 0.25) is 0 Å². The number of nitrogens with one attached hydrogen (secondary N) is 2. The second-order valence-electron chi connectivity index (χ2n) is 8.09. The van der Waals surface area contributed by atoms with Crippen molar-refractivity contribution in [3.05, 3.63) is 59.6 Å². The van der Waals surface area contributed by atoms with Crippen molar-refractivity contribution >= 4 is 48.6 Å². The van der Waals surface area contributed by atoms with Crippen molar-refractivity contribution in [3.63, 3.8) is 0 Å². The van der Waals surface area contributed by atoms with Crippen molar-refractivity contribution < 1.29 is 26.4 Å². The molecule has 0 aliphatic carbocycles.